The van der Waals surface area contributed by atoms with Crippen LogP contribution in [0.3, 0.4) is 0 Å². The van der Waals surface area contributed by atoms with Gasteiger partial charge in [-0.25, -0.2) is 13.2 Å². The fourth-order valence-electron chi connectivity index (χ4n) is 1.93. The average molecular weight is 462 g/mol. The van der Waals surface area contributed by atoms with Gasteiger partial charge in [0.1, 0.15) is 0 Å². The molecule has 10 heteroatoms. The lowest BCUT2D eigenvalue weighted by Gasteiger charge is -2.15. The lowest BCUT2D eigenvalue weighted by molar-refractivity contribution is -0.0258. The molecular weight excluding hydrogens is 446 g/mol. The Labute approximate surface area is 163 Å². The van der Waals surface area contributed by atoms with Crippen LogP contribution in [0.1, 0.15) is 24.9 Å². The molecule has 0 aliphatic heterocycles. The molecular formula is C16H16BrNO6S2. The van der Waals surface area contributed by atoms with E-state index in [2.05, 4.69) is 15.9 Å². The average Bonchev–Trinajstić information content (AvgIpc) is 3.05. The van der Waals surface area contributed by atoms with Crippen molar-refractivity contribution >= 4 is 49.0 Å². The van der Waals surface area contributed by atoms with Gasteiger partial charge < -0.3 is 4.74 Å². The number of ketones is 1. The van der Waals surface area contributed by atoms with E-state index in [9.17, 15) is 18.0 Å². The number of hydrogen-bond donors (Lipinski definition) is 0. The summed E-state index contributed by atoms with van der Waals surface area (Å²) in [6.07, 6.45) is 0. The SMILES string of the molecule is CON(C)S(=O)(=O)c1ccc(Br)c(C(=O)OCC(=O)c2ccc(C)s2)c1. The summed E-state index contributed by atoms with van der Waals surface area (Å²) in [6, 6.07) is 7.37. The summed E-state index contributed by atoms with van der Waals surface area (Å²) < 4.78 is 30.6. The zero-order chi connectivity index (χ0) is 19.5. The van der Waals surface area contributed by atoms with Crippen LogP contribution in [0.15, 0.2) is 39.7 Å². The third-order valence-corrected chi connectivity index (χ3v) is 6.81. The van der Waals surface area contributed by atoms with Crippen LogP contribution in [0.25, 0.3) is 0 Å². The molecule has 0 bridgehead atoms. The minimum Gasteiger partial charge on any atom is -0.454 e. The van der Waals surface area contributed by atoms with Crippen molar-refractivity contribution < 1.29 is 27.6 Å². The maximum atomic E-state index is 12.3. The number of nitrogens with zero attached hydrogens (tertiary/aromatic N) is 1. The lowest BCUT2D eigenvalue weighted by atomic mass is 10.2. The van der Waals surface area contributed by atoms with E-state index in [0.717, 1.165) is 10.9 Å². The van der Waals surface area contributed by atoms with E-state index in [4.69, 9.17) is 9.57 Å². The van der Waals surface area contributed by atoms with Crippen LogP contribution in [0.4, 0.5) is 0 Å². The third kappa shape index (κ3) is 4.57. The van der Waals surface area contributed by atoms with Gasteiger partial charge in [0.25, 0.3) is 10.0 Å². The van der Waals surface area contributed by atoms with Crippen molar-refractivity contribution in [3.8, 4) is 0 Å². The molecule has 2 aromatic rings. The molecule has 0 spiro atoms. The van der Waals surface area contributed by atoms with Crippen LogP contribution in [-0.4, -0.2) is 45.4 Å². The Hall–Kier alpha value is -1.59. The van der Waals surface area contributed by atoms with E-state index < -0.39 is 22.6 Å². The highest BCUT2D eigenvalue weighted by Crippen LogP contribution is 2.24. The largest absolute Gasteiger partial charge is 0.454 e. The molecule has 2 rings (SSSR count). The Morgan fingerprint density at radius 2 is 1.92 bits per heavy atom. The number of esters is 1. The molecule has 26 heavy (non-hydrogen) atoms. The van der Waals surface area contributed by atoms with Gasteiger partial charge in [-0.3, -0.25) is 9.63 Å². The van der Waals surface area contributed by atoms with Crippen molar-refractivity contribution in [1.82, 2.24) is 4.47 Å². The number of carbonyl (C=O) groups excluding carboxylic acids is 2. The summed E-state index contributed by atoms with van der Waals surface area (Å²) in [5.74, 6) is -1.13. The van der Waals surface area contributed by atoms with Gasteiger partial charge in [0.15, 0.2) is 6.61 Å². The van der Waals surface area contributed by atoms with Crippen molar-refractivity contribution in [3.63, 3.8) is 0 Å². The highest BCUT2D eigenvalue weighted by Gasteiger charge is 2.24. The monoisotopic (exact) mass is 461 g/mol. The lowest BCUT2D eigenvalue weighted by Crippen LogP contribution is -2.26. The Balaban J connectivity index is 2.18. The second-order valence-electron chi connectivity index (χ2n) is 5.15. The van der Waals surface area contributed by atoms with Gasteiger partial charge in [-0.2, -0.15) is 0 Å². The number of halogens is 1. The predicted octanol–water partition coefficient (Wildman–Crippen LogP) is 3.04. The first-order valence-corrected chi connectivity index (χ1v) is 10.3. The fraction of sp³-hybridized carbons (Fsp3) is 0.250. The Kier molecular flexibility index (Phi) is 6.69. The Morgan fingerprint density at radius 1 is 1.23 bits per heavy atom. The van der Waals surface area contributed by atoms with Crippen LogP contribution >= 0.6 is 27.3 Å². The number of benzene rings is 1. The van der Waals surface area contributed by atoms with E-state index in [1.54, 1.807) is 12.1 Å². The molecule has 140 valence electrons. The number of sulfonamides is 1. The maximum absolute atomic E-state index is 12.3. The van der Waals surface area contributed by atoms with E-state index in [1.165, 1.54) is 37.6 Å². The van der Waals surface area contributed by atoms with E-state index >= 15 is 0 Å². The number of hydrogen-bond acceptors (Lipinski definition) is 7. The van der Waals surface area contributed by atoms with Crippen LogP contribution in [-0.2, 0) is 19.6 Å². The quantitative estimate of drug-likeness (QED) is 0.357. The van der Waals surface area contributed by atoms with Gasteiger partial charge in [-0.05, 0) is 53.2 Å². The zero-order valence-corrected chi connectivity index (χ0v) is 17.4. The van der Waals surface area contributed by atoms with Gasteiger partial charge in [0.05, 0.1) is 22.4 Å². The highest BCUT2D eigenvalue weighted by molar-refractivity contribution is 9.10. The molecule has 0 amide bonds. The van der Waals surface area contributed by atoms with Crippen LogP contribution < -0.4 is 0 Å². The number of thiophene rings is 1. The van der Waals surface area contributed by atoms with Crippen LogP contribution in [0, 0.1) is 6.92 Å². The normalized spacial score (nSPS) is 11.6. The van der Waals surface area contributed by atoms with Crippen molar-refractivity contribution in [3.05, 3.63) is 50.1 Å². The first kappa shape index (κ1) is 20.7. The van der Waals surface area contributed by atoms with Gasteiger partial charge >= 0.3 is 5.97 Å². The summed E-state index contributed by atoms with van der Waals surface area (Å²) in [5.41, 5.74) is -0.00858. The molecule has 7 nitrogen and oxygen atoms in total. The summed E-state index contributed by atoms with van der Waals surface area (Å²) in [6.45, 7) is 1.44. The number of hydroxylamine groups is 1. The molecule has 1 aromatic heterocycles. The highest BCUT2D eigenvalue weighted by atomic mass is 79.9. The topological polar surface area (TPSA) is 90.0 Å². The van der Waals surface area contributed by atoms with Crippen LogP contribution in [0.2, 0.25) is 0 Å². The van der Waals surface area contributed by atoms with E-state index in [-0.39, 0.29) is 16.2 Å². The second-order valence-corrected chi connectivity index (χ2v) is 9.23. The zero-order valence-electron chi connectivity index (χ0n) is 14.2. The minimum absolute atomic E-state index is 0.00858. The van der Waals surface area contributed by atoms with Crippen molar-refractivity contribution in [2.24, 2.45) is 0 Å². The van der Waals surface area contributed by atoms with Gasteiger partial charge in [0, 0.05) is 16.4 Å². The maximum Gasteiger partial charge on any atom is 0.339 e. The fourth-order valence-corrected chi connectivity index (χ4v) is 4.13. The molecule has 0 fully saturated rings. The minimum atomic E-state index is -3.92. The molecule has 1 aromatic carbocycles. The number of aryl methyl sites for hydroxylation is 1. The smallest absolute Gasteiger partial charge is 0.339 e. The van der Waals surface area contributed by atoms with Gasteiger partial charge in [0.2, 0.25) is 5.78 Å². The summed E-state index contributed by atoms with van der Waals surface area (Å²) in [5, 5.41) is 0. The molecule has 1 heterocycles. The first-order chi connectivity index (χ1) is 12.2. The second kappa shape index (κ2) is 8.40. The molecule has 0 atom stereocenters. The van der Waals surface area contributed by atoms with E-state index in [1.807, 2.05) is 6.92 Å². The molecule has 0 N–H and O–H groups in total. The van der Waals surface area contributed by atoms with Crippen molar-refractivity contribution in [2.75, 3.05) is 20.8 Å². The third-order valence-electron chi connectivity index (χ3n) is 3.40. The number of Topliss-reactive ketones (excluding diaryl/α,β-unsaturated/α-hetero) is 1. The first-order valence-electron chi connectivity index (χ1n) is 7.26. The standard InChI is InChI=1S/C16H16BrNO6S2/c1-10-4-7-15(25-10)14(19)9-24-16(20)12-8-11(5-6-13(12)17)26(21,22)18(2)23-3/h4-8H,9H2,1-3H3. The Morgan fingerprint density at radius 3 is 2.50 bits per heavy atom. The summed E-state index contributed by atoms with van der Waals surface area (Å²) >= 11 is 4.49. The number of ether oxygens (including phenoxy) is 1. The number of rotatable bonds is 7. The molecule has 0 unspecified atom stereocenters. The Bertz CT molecular complexity index is 938. The number of carbonyl (C=O) groups is 2. The summed E-state index contributed by atoms with van der Waals surface area (Å²) in [4.78, 5) is 30.3. The molecule has 0 saturated heterocycles. The summed E-state index contributed by atoms with van der Waals surface area (Å²) in [7, 11) is -1.47. The molecule has 0 aliphatic carbocycles. The molecule has 0 radical (unpaired) electrons. The predicted molar refractivity (Wildman–Crippen MR) is 99.8 cm³/mol. The van der Waals surface area contributed by atoms with Crippen LogP contribution in [0.5, 0.6) is 0 Å². The van der Waals surface area contributed by atoms with Crippen molar-refractivity contribution in [2.45, 2.75) is 11.8 Å². The van der Waals surface area contributed by atoms with Crippen molar-refractivity contribution in [1.29, 1.82) is 0 Å². The van der Waals surface area contributed by atoms with E-state index in [0.29, 0.717) is 13.8 Å². The molecule has 0 saturated carbocycles. The van der Waals surface area contributed by atoms with Gasteiger partial charge in [-0.1, -0.05) is 4.47 Å². The van der Waals surface area contributed by atoms with Gasteiger partial charge in [-0.15, -0.1) is 11.3 Å². The molecule has 0 aliphatic rings.